The Hall–Kier alpha value is -2.68. The zero-order valence-electron chi connectivity index (χ0n) is 21.5. The molecule has 1 aliphatic carbocycles. The second kappa shape index (κ2) is 10.4. The Morgan fingerprint density at radius 2 is 2.10 bits per heavy atom. The molecule has 2 aromatic rings. The molecule has 3 aliphatic rings. The van der Waals surface area contributed by atoms with E-state index in [9.17, 15) is 22.4 Å². The third-order valence-corrected chi connectivity index (χ3v) is 9.35. The molecule has 1 aromatic heterocycles. The van der Waals surface area contributed by atoms with Gasteiger partial charge in [0, 0.05) is 34.3 Å². The summed E-state index contributed by atoms with van der Waals surface area (Å²) in [6.07, 6.45) is 3.35. The molecular formula is C25H27BrFN5O5S2. The average molecular weight is 641 g/mol. The molecule has 39 heavy (non-hydrogen) atoms. The summed E-state index contributed by atoms with van der Waals surface area (Å²) in [5.41, 5.74) is 1.96. The number of carbonyl (C=O) groups is 2. The summed E-state index contributed by atoms with van der Waals surface area (Å²) in [5, 5.41) is 5.74. The van der Waals surface area contributed by atoms with Crippen LogP contribution in [0.1, 0.15) is 41.6 Å². The Kier molecular flexibility index (Phi) is 7.42. The summed E-state index contributed by atoms with van der Waals surface area (Å²) in [6.45, 7) is 2.56. The van der Waals surface area contributed by atoms with E-state index in [1.165, 1.54) is 30.6 Å². The van der Waals surface area contributed by atoms with Gasteiger partial charge in [-0.3, -0.25) is 19.4 Å². The highest BCUT2D eigenvalue weighted by molar-refractivity contribution is 9.10. The van der Waals surface area contributed by atoms with Gasteiger partial charge in [0.2, 0.25) is 10.0 Å². The zero-order chi connectivity index (χ0) is 28.1. The lowest BCUT2D eigenvalue weighted by Crippen LogP contribution is -2.47. The van der Waals surface area contributed by atoms with Crippen molar-refractivity contribution >= 4 is 55.0 Å². The molecule has 10 nitrogen and oxygen atoms in total. The first kappa shape index (κ1) is 27.9. The number of ether oxygens (including phenoxy) is 1. The van der Waals surface area contributed by atoms with E-state index in [2.05, 4.69) is 31.0 Å². The molecule has 1 spiro atoms. The third kappa shape index (κ3) is 5.93. The fourth-order valence-corrected chi connectivity index (χ4v) is 6.97. The van der Waals surface area contributed by atoms with E-state index in [0.29, 0.717) is 39.5 Å². The number of aliphatic imine (C=N–C) groups is 1. The number of amides is 1. The summed E-state index contributed by atoms with van der Waals surface area (Å²) >= 11 is 4.79. The first-order chi connectivity index (χ1) is 18.4. The number of nitrogens with zero attached hydrogens (tertiary/aromatic N) is 3. The van der Waals surface area contributed by atoms with Gasteiger partial charge < -0.3 is 10.1 Å². The number of aryl methyl sites for hydroxylation is 1. The van der Waals surface area contributed by atoms with Crippen molar-refractivity contribution < 1.29 is 27.1 Å². The molecule has 1 saturated heterocycles. The standard InChI is InChI=1S/C25H27BrFN5O5S2/c1-13-11-38-23(28-13)21-29-17(10-32-12-25(6-7-25)9-18(32)22(33)31-39(3,35)36)19(24(34)37-2)20(30-21)15-5-4-14(27)8-16(15)26/h4-5,8,11,18,20H,6-7,9-10,12H2,1-3H3,(H,29,30)(H,31,33)/t18-,20-/m0/s1. The Balaban J connectivity index is 1.59. The number of sulfonamides is 1. The number of likely N-dealkylation sites (tertiary alicyclic amines) is 1. The molecule has 1 saturated carbocycles. The van der Waals surface area contributed by atoms with E-state index >= 15 is 0 Å². The number of esters is 1. The van der Waals surface area contributed by atoms with Crippen molar-refractivity contribution in [2.24, 2.45) is 10.4 Å². The van der Waals surface area contributed by atoms with Crippen molar-refractivity contribution in [3.63, 3.8) is 0 Å². The summed E-state index contributed by atoms with van der Waals surface area (Å²) in [7, 11) is -2.48. The summed E-state index contributed by atoms with van der Waals surface area (Å²) in [6, 6.07) is 2.60. The van der Waals surface area contributed by atoms with Crippen molar-refractivity contribution in [1.29, 1.82) is 0 Å². The molecule has 2 atom stereocenters. The first-order valence-corrected chi connectivity index (χ1v) is 15.7. The van der Waals surface area contributed by atoms with E-state index in [4.69, 9.17) is 9.73 Å². The van der Waals surface area contributed by atoms with E-state index in [-0.39, 0.29) is 17.5 Å². The van der Waals surface area contributed by atoms with Crippen molar-refractivity contribution in [1.82, 2.24) is 19.9 Å². The molecular weight excluding hydrogens is 613 g/mol. The molecule has 0 unspecified atom stereocenters. The number of aromatic nitrogens is 1. The molecule has 3 heterocycles. The van der Waals surface area contributed by atoms with Crippen LogP contribution in [0.25, 0.3) is 0 Å². The normalized spacial score (nSPS) is 22.4. The minimum atomic E-state index is -3.75. The van der Waals surface area contributed by atoms with Gasteiger partial charge in [-0.25, -0.2) is 22.6 Å². The maximum atomic E-state index is 14.0. The van der Waals surface area contributed by atoms with Crippen LogP contribution in [-0.2, 0) is 24.3 Å². The number of amidine groups is 1. The van der Waals surface area contributed by atoms with Crippen LogP contribution >= 0.6 is 27.3 Å². The number of thiazole rings is 1. The SMILES string of the molecule is COC(=O)C1=C(CN2CC3(CC3)C[C@H]2C(=O)NS(C)(=O)=O)NC(c2nc(C)cs2)=N[C@H]1c1ccc(F)cc1Br. The number of methoxy groups -OCH3 is 1. The van der Waals surface area contributed by atoms with E-state index in [1.807, 2.05) is 17.2 Å². The van der Waals surface area contributed by atoms with Crippen molar-refractivity contribution in [3.8, 4) is 0 Å². The van der Waals surface area contributed by atoms with Crippen molar-refractivity contribution in [2.75, 3.05) is 26.5 Å². The lowest BCUT2D eigenvalue weighted by molar-refractivity contribution is -0.136. The predicted molar refractivity (Wildman–Crippen MR) is 147 cm³/mol. The van der Waals surface area contributed by atoms with E-state index < -0.39 is 39.8 Å². The quantitative estimate of drug-likeness (QED) is 0.443. The van der Waals surface area contributed by atoms with E-state index in [0.717, 1.165) is 24.8 Å². The van der Waals surface area contributed by atoms with Crippen molar-refractivity contribution in [2.45, 2.75) is 38.3 Å². The van der Waals surface area contributed by atoms with E-state index in [1.54, 1.807) is 6.07 Å². The van der Waals surface area contributed by atoms with Gasteiger partial charge in [0.1, 0.15) is 11.9 Å². The highest BCUT2D eigenvalue weighted by atomic mass is 79.9. The second-order valence-corrected chi connectivity index (χ2v) is 13.7. The Morgan fingerprint density at radius 1 is 1.36 bits per heavy atom. The molecule has 14 heteroatoms. The summed E-state index contributed by atoms with van der Waals surface area (Å²) < 4.78 is 45.3. The van der Waals surface area contributed by atoms with Crippen LogP contribution in [0, 0.1) is 18.2 Å². The average Bonchev–Trinajstić information content (AvgIpc) is 3.29. The van der Waals surface area contributed by atoms with Gasteiger partial charge in [-0.1, -0.05) is 22.0 Å². The summed E-state index contributed by atoms with van der Waals surface area (Å²) in [4.78, 5) is 37.5. The maximum Gasteiger partial charge on any atom is 0.338 e. The molecule has 0 bridgehead atoms. The van der Waals surface area contributed by atoms with Gasteiger partial charge in [-0.05, 0) is 49.3 Å². The molecule has 1 aromatic carbocycles. The minimum absolute atomic E-state index is 0.0527. The van der Waals surface area contributed by atoms with Gasteiger partial charge in [0.05, 0.1) is 25.0 Å². The van der Waals surface area contributed by atoms with Crippen LogP contribution in [-0.4, -0.2) is 68.5 Å². The predicted octanol–water partition coefficient (Wildman–Crippen LogP) is 2.80. The zero-order valence-corrected chi connectivity index (χ0v) is 24.7. The first-order valence-electron chi connectivity index (χ1n) is 12.2. The number of nitrogens with one attached hydrogen (secondary N) is 2. The van der Waals surface area contributed by atoms with Gasteiger partial charge in [0.25, 0.3) is 5.91 Å². The Labute approximate surface area is 237 Å². The van der Waals surface area contributed by atoms with Gasteiger partial charge in [0.15, 0.2) is 10.8 Å². The number of halogens is 2. The molecule has 2 fully saturated rings. The van der Waals surface area contributed by atoms with Crippen LogP contribution in [0.2, 0.25) is 0 Å². The van der Waals surface area contributed by atoms with Gasteiger partial charge in [-0.15, -0.1) is 11.3 Å². The molecule has 2 N–H and O–H groups in total. The van der Waals surface area contributed by atoms with Crippen LogP contribution in [0.4, 0.5) is 4.39 Å². The molecule has 5 rings (SSSR count). The van der Waals surface area contributed by atoms with Crippen LogP contribution in [0.15, 0.2) is 44.3 Å². The highest BCUT2D eigenvalue weighted by Crippen LogP contribution is 2.55. The molecule has 0 radical (unpaired) electrons. The van der Waals surface area contributed by atoms with Crippen molar-refractivity contribution in [3.05, 3.63) is 61.4 Å². The lowest BCUT2D eigenvalue weighted by Gasteiger charge is -2.31. The molecule has 2 aliphatic heterocycles. The number of carbonyl (C=O) groups excluding carboxylic acids is 2. The van der Waals surface area contributed by atoms with Gasteiger partial charge >= 0.3 is 5.97 Å². The monoisotopic (exact) mass is 639 g/mol. The molecule has 208 valence electrons. The Bertz CT molecular complexity index is 1520. The third-order valence-electron chi connectivity index (χ3n) is 7.12. The minimum Gasteiger partial charge on any atom is -0.466 e. The maximum absolute atomic E-state index is 14.0. The fraction of sp³-hybridized carbons (Fsp3) is 0.440. The number of rotatable bonds is 7. The Morgan fingerprint density at radius 3 is 2.69 bits per heavy atom. The van der Waals surface area contributed by atoms with Gasteiger partial charge in [-0.2, -0.15) is 0 Å². The second-order valence-electron chi connectivity index (χ2n) is 10.2. The summed E-state index contributed by atoms with van der Waals surface area (Å²) in [5.74, 6) is -1.25. The van der Waals surface area contributed by atoms with Crippen LogP contribution in [0.5, 0.6) is 0 Å². The smallest absolute Gasteiger partial charge is 0.338 e. The van der Waals surface area contributed by atoms with Crippen LogP contribution in [0.3, 0.4) is 0 Å². The topological polar surface area (TPSA) is 130 Å². The number of hydrogen-bond acceptors (Lipinski definition) is 10. The van der Waals surface area contributed by atoms with Crippen LogP contribution < -0.4 is 10.0 Å². The number of hydrogen-bond donors (Lipinski definition) is 2. The highest BCUT2D eigenvalue weighted by Gasteiger charge is 2.54. The fourth-order valence-electron chi connectivity index (χ4n) is 5.15. The molecule has 1 amide bonds. The number of benzene rings is 1. The largest absolute Gasteiger partial charge is 0.466 e. The lowest BCUT2D eigenvalue weighted by atomic mass is 9.95.